The lowest BCUT2D eigenvalue weighted by Crippen LogP contribution is -2.44. The number of aliphatic hydroxyl groups is 2. The molecule has 0 aromatic heterocycles. The van der Waals surface area contributed by atoms with Gasteiger partial charge in [-0.05, 0) is 26.8 Å². The van der Waals surface area contributed by atoms with Gasteiger partial charge in [-0.1, -0.05) is 6.92 Å². The molecular weight excluding hydrogens is 204 g/mol. The maximum atomic E-state index is 9.15. The first kappa shape index (κ1) is 13.9. The van der Waals surface area contributed by atoms with Gasteiger partial charge in [0.05, 0.1) is 13.2 Å². The largest absolute Gasteiger partial charge is 0.396 e. The van der Waals surface area contributed by atoms with Gasteiger partial charge in [-0.15, -0.1) is 0 Å². The molecule has 1 aliphatic rings. The molecule has 0 saturated heterocycles. The molecule has 0 spiro atoms. The number of aliphatic hydroxyl groups excluding tert-OH is 2. The van der Waals surface area contributed by atoms with Gasteiger partial charge in [0.2, 0.25) is 0 Å². The number of nitrogens with zero attached hydrogens (tertiary/aromatic N) is 1. The zero-order chi connectivity index (χ0) is 12.2. The normalized spacial score (nSPS) is 19.1. The Balaban J connectivity index is 2.18. The molecule has 4 heteroatoms. The van der Waals surface area contributed by atoms with Crippen molar-refractivity contribution in [1.82, 2.24) is 10.2 Å². The highest BCUT2D eigenvalue weighted by Crippen LogP contribution is 2.26. The Bertz CT molecular complexity index is 203. The van der Waals surface area contributed by atoms with E-state index in [1.807, 2.05) is 6.92 Å². The SMILES string of the molecule is CC(CNCC(C)(CO)CO)N(C)C1CC1. The quantitative estimate of drug-likeness (QED) is 0.551. The summed E-state index contributed by atoms with van der Waals surface area (Å²) in [6.07, 6.45) is 2.65. The average molecular weight is 230 g/mol. The van der Waals surface area contributed by atoms with Crippen LogP contribution >= 0.6 is 0 Å². The van der Waals surface area contributed by atoms with Crippen LogP contribution in [0.1, 0.15) is 26.7 Å². The molecule has 3 N–H and O–H groups in total. The second-order valence-electron chi connectivity index (χ2n) is 5.50. The molecule has 0 amide bonds. The third-order valence-corrected chi connectivity index (χ3v) is 3.57. The van der Waals surface area contributed by atoms with E-state index in [1.54, 1.807) is 0 Å². The van der Waals surface area contributed by atoms with E-state index >= 15 is 0 Å². The van der Waals surface area contributed by atoms with Gasteiger partial charge < -0.3 is 15.5 Å². The molecule has 1 aliphatic carbocycles. The number of nitrogens with one attached hydrogen (secondary N) is 1. The Hall–Kier alpha value is -0.160. The highest BCUT2D eigenvalue weighted by atomic mass is 16.3. The van der Waals surface area contributed by atoms with E-state index in [2.05, 4.69) is 24.2 Å². The minimum Gasteiger partial charge on any atom is -0.396 e. The van der Waals surface area contributed by atoms with Gasteiger partial charge in [-0.25, -0.2) is 0 Å². The van der Waals surface area contributed by atoms with Gasteiger partial charge >= 0.3 is 0 Å². The summed E-state index contributed by atoms with van der Waals surface area (Å²) in [5.41, 5.74) is -0.405. The fraction of sp³-hybridized carbons (Fsp3) is 1.00. The molecule has 1 atom stereocenters. The lowest BCUT2D eigenvalue weighted by atomic mass is 9.93. The maximum absolute atomic E-state index is 9.15. The van der Waals surface area contributed by atoms with Crippen molar-refractivity contribution in [2.75, 3.05) is 33.4 Å². The van der Waals surface area contributed by atoms with Crippen LogP contribution in [-0.2, 0) is 0 Å². The second-order valence-corrected chi connectivity index (χ2v) is 5.50. The Morgan fingerprint density at radius 1 is 1.38 bits per heavy atom. The van der Waals surface area contributed by atoms with Gasteiger partial charge in [0.15, 0.2) is 0 Å². The van der Waals surface area contributed by atoms with Crippen LogP contribution in [-0.4, -0.2) is 60.5 Å². The Labute approximate surface area is 98.6 Å². The van der Waals surface area contributed by atoms with Crippen LogP contribution in [0.15, 0.2) is 0 Å². The third kappa shape index (κ3) is 4.01. The van der Waals surface area contributed by atoms with Crippen molar-refractivity contribution in [1.29, 1.82) is 0 Å². The van der Waals surface area contributed by atoms with Crippen molar-refractivity contribution < 1.29 is 10.2 Å². The molecule has 4 nitrogen and oxygen atoms in total. The molecule has 0 aromatic carbocycles. The van der Waals surface area contributed by atoms with Gasteiger partial charge in [-0.2, -0.15) is 0 Å². The Kier molecular flexibility index (Phi) is 5.18. The predicted molar refractivity (Wildman–Crippen MR) is 65.4 cm³/mol. The molecule has 0 radical (unpaired) electrons. The lowest BCUT2D eigenvalue weighted by Gasteiger charge is -2.28. The number of hydrogen-bond acceptors (Lipinski definition) is 4. The van der Waals surface area contributed by atoms with E-state index < -0.39 is 5.41 Å². The zero-order valence-electron chi connectivity index (χ0n) is 10.7. The summed E-state index contributed by atoms with van der Waals surface area (Å²) in [4.78, 5) is 2.40. The summed E-state index contributed by atoms with van der Waals surface area (Å²) in [5, 5.41) is 21.6. The van der Waals surface area contributed by atoms with Crippen LogP contribution in [0.2, 0.25) is 0 Å². The number of likely N-dealkylation sites (N-methyl/N-ethyl adjacent to an activating group) is 1. The first-order valence-corrected chi connectivity index (χ1v) is 6.17. The van der Waals surface area contributed by atoms with E-state index in [1.165, 1.54) is 12.8 Å². The smallest absolute Gasteiger partial charge is 0.0518 e. The average Bonchev–Trinajstić information content (AvgIpc) is 3.11. The molecule has 16 heavy (non-hydrogen) atoms. The highest BCUT2D eigenvalue weighted by molar-refractivity contribution is 4.86. The Morgan fingerprint density at radius 2 is 1.94 bits per heavy atom. The lowest BCUT2D eigenvalue weighted by molar-refractivity contribution is 0.0681. The molecule has 96 valence electrons. The van der Waals surface area contributed by atoms with Crippen molar-refractivity contribution in [3.8, 4) is 0 Å². The van der Waals surface area contributed by atoms with Crippen molar-refractivity contribution in [3.63, 3.8) is 0 Å². The summed E-state index contributed by atoms with van der Waals surface area (Å²) in [6.45, 7) is 5.69. The Morgan fingerprint density at radius 3 is 2.38 bits per heavy atom. The zero-order valence-corrected chi connectivity index (χ0v) is 10.7. The van der Waals surface area contributed by atoms with E-state index in [-0.39, 0.29) is 13.2 Å². The summed E-state index contributed by atoms with van der Waals surface area (Å²) in [5.74, 6) is 0. The van der Waals surface area contributed by atoms with Crippen molar-refractivity contribution in [2.24, 2.45) is 5.41 Å². The van der Waals surface area contributed by atoms with Gasteiger partial charge in [0.25, 0.3) is 0 Å². The van der Waals surface area contributed by atoms with Gasteiger partial charge in [0, 0.05) is 30.6 Å². The fourth-order valence-electron chi connectivity index (χ4n) is 1.73. The fourth-order valence-corrected chi connectivity index (χ4v) is 1.73. The first-order chi connectivity index (χ1) is 7.52. The molecule has 0 heterocycles. The highest BCUT2D eigenvalue weighted by Gasteiger charge is 2.29. The number of rotatable bonds is 8. The van der Waals surface area contributed by atoms with Crippen LogP contribution < -0.4 is 5.32 Å². The molecule has 1 fully saturated rings. The summed E-state index contributed by atoms with van der Waals surface area (Å²) < 4.78 is 0. The number of hydrogen-bond donors (Lipinski definition) is 3. The van der Waals surface area contributed by atoms with E-state index in [9.17, 15) is 0 Å². The minimum absolute atomic E-state index is 0.0172. The summed E-state index contributed by atoms with van der Waals surface area (Å²) in [7, 11) is 2.17. The predicted octanol–water partition coefficient (Wildman–Crippen LogP) is 0.0496. The second kappa shape index (κ2) is 5.96. The molecule has 1 saturated carbocycles. The van der Waals surface area contributed by atoms with Crippen LogP contribution in [0, 0.1) is 5.41 Å². The summed E-state index contributed by atoms with van der Waals surface area (Å²) in [6, 6.07) is 1.29. The van der Waals surface area contributed by atoms with Crippen molar-refractivity contribution in [3.05, 3.63) is 0 Å². The molecular formula is C12H26N2O2. The monoisotopic (exact) mass is 230 g/mol. The first-order valence-electron chi connectivity index (χ1n) is 6.17. The van der Waals surface area contributed by atoms with Crippen LogP contribution in [0.4, 0.5) is 0 Å². The van der Waals surface area contributed by atoms with Crippen LogP contribution in [0.25, 0.3) is 0 Å². The van der Waals surface area contributed by atoms with E-state index in [4.69, 9.17) is 10.2 Å². The molecule has 0 bridgehead atoms. The van der Waals surface area contributed by atoms with Gasteiger partial charge in [0.1, 0.15) is 0 Å². The van der Waals surface area contributed by atoms with Crippen molar-refractivity contribution in [2.45, 2.75) is 38.8 Å². The third-order valence-electron chi connectivity index (χ3n) is 3.57. The molecule has 1 rings (SSSR count). The van der Waals surface area contributed by atoms with E-state index in [0.29, 0.717) is 12.6 Å². The van der Waals surface area contributed by atoms with Gasteiger partial charge in [-0.3, -0.25) is 4.90 Å². The van der Waals surface area contributed by atoms with Crippen LogP contribution in [0.3, 0.4) is 0 Å². The minimum atomic E-state index is -0.405. The molecule has 1 unspecified atom stereocenters. The maximum Gasteiger partial charge on any atom is 0.0518 e. The molecule has 0 aromatic rings. The van der Waals surface area contributed by atoms with Crippen molar-refractivity contribution >= 4 is 0 Å². The van der Waals surface area contributed by atoms with Crippen LogP contribution in [0.5, 0.6) is 0 Å². The topological polar surface area (TPSA) is 55.7 Å². The summed E-state index contributed by atoms with van der Waals surface area (Å²) >= 11 is 0. The standard InChI is InChI=1S/C12H26N2O2/c1-10(14(3)11-4-5-11)6-13-7-12(2,8-15)9-16/h10-11,13,15-16H,4-9H2,1-3H3. The molecule has 0 aliphatic heterocycles. The van der Waals surface area contributed by atoms with E-state index in [0.717, 1.165) is 12.6 Å².